The van der Waals surface area contributed by atoms with Crippen LogP contribution in [0.3, 0.4) is 0 Å². The van der Waals surface area contributed by atoms with Crippen LogP contribution >= 0.6 is 0 Å². The zero-order valence-electron chi connectivity index (χ0n) is 10.1. The number of aromatic nitrogens is 1. The quantitative estimate of drug-likeness (QED) is 0.749. The summed E-state index contributed by atoms with van der Waals surface area (Å²) in [4.78, 5) is 4.18. The van der Waals surface area contributed by atoms with Crippen molar-refractivity contribution in [1.82, 2.24) is 4.98 Å². The van der Waals surface area contributed by atoms with Crippen LogP contribution in [0.4, 0.5) is 5.69 Å². The van der Waals surface area contributed by atoms with Gasteiger partial charge >= 0.3 is 0 Å². The molecule has 18 heavy (non-hydrogen) atoms. The van der Waals surface area contributed by atoms with Gasteiger partial charge in [-0.3, -0.25) is 4.98 Å². The summed E-state index contributed by atoms with van der Waals surface area (Å²) >= 11 is 0. The normalized spacial score (nSPS) is 12.5. The third-order valence-corrected chi connectivity index (χ3v) is 3.03. The molecule has 3 aromatic rings. The Morgan fingerprint density at radius 2 is 2.11 bits per heavy atom. The van der Waals surface area contributed by atoms with E-state index in [0.29, 0.717) is 0 Å². The molecule has 1 atom stereocenters. The zero-order chi connectivity index (χ0) is 12.4. The lowest BCUT2D eigenvalue weighted by molar-refractivity contribution is 0.491. The lowest BCUT2D eigenvalue weighted by Gasteiger charge is -2.14. The molecule has 0 radical (unpaired) electrons. The topological polar surface area (TPSA) is 38.1 Å². The molecule has 1 N–H and O–H groups in total. The number of hydrogen-bond acceptors (Lipinski definition) is 3. The van der Waals surface area contributed by atoms with Crippen molar-refractivity contribution in [2.75, 3.05) is 5.32 Å². The van der Waals surface area contributed by atoms with Crippen molar-refractivity contribution in [1.29, 1.82) is 0 Å². The first-order valence-electron chi connectivity index (χ1n) is 5.97. The van der Waals surface area contributed by atoms with Gasteiger partial charge in [-0.25, -0.2) is 0 Å². The fourth-order valence-electron chi connectivity index (χ4n) is 2.08. The van der Waals surface area contributed by atoms with Crippen LogP contribution in [0, 0.1) is 0 Å². The molecular weight excluding hydrogens is 224 g/mol. The number of pyridine rings is 1. The molecule has 0 bridgehead atoms. The number of nitrogens with zero attached hydrogens (tertiary/aromatic N) is 1. The Labute approximate surface area is 105 Å². The maximum atomic E-state index is 5.40. The molecule has 1 unspecified atom stereocenters. The molecule has 0 aliphatic heterocycles. The van der Waals surface area contributed by atoms with Crippen molar-refractivity contribution >= 4 is 16.5 Å². The second kappa shape index (κ2) is 4.53. The van der Waals surface area contributed by atoms with Gasteiger partial charge in [0.25, 0.3) is 0 Å². The molecule has 3 nitrogen and oxygen atoms in total. The maximum Gasteiger partial charge on any atom is 0.125 e. The van der Waals surface area contributed by atoms with E-state index >= 15 is 0 Å². The molecule has 0 saturated heterocycles. The molecule has 0 fully saturated rings. The predicted molar refractivity (Wildman–Crippen MR) is 72.5 cm³/mol. The van der Waals surface area contributed by atoms with Crippen LogP contribution in [-0.4, -0.2) is 4.98 Å². The number of rotatable bonds is 3. The fraction of sp³-hybridized carbons (Fsp3) is 0.133. The van der Waals surface area contributed by atoms with Crippen molar-refractivity contribution < 1.29 is 4.42 Å². The Balaban J connectivity index is 1.95. The smallest absolute Gasteiger partial charge is 0.125 e. The summed E-state index contributed by atoms with van der Waals surface area (Å²) in [5.74, 6) is 0.927. The van der Waals surface area contributed by atoms with Crippen LogP contribution in [0.15, 0.2) is 59.5 Å². The van der Waals surface area contributed by atoms with Crippen molar-refractivity contribution in [3.8, 4) is 0 Å². The lowest BCUT2D eigenvalue weighted by Crippen LogP contribution is -2.05. The van der Waals surface area contributed by atoms with E-state index in [-0.39, 0.29) is 6.04 Å². The molecule has 0 spiro atoms. The number of hydrogen-bond donors (Lipinski definition) is 1. The highest BCUT2D eigenvalue weighted by Gasteiger charge is 2.09. The highest BCUT2D eigenvalue weighted by molar-refractivity contribution is 5.93. The van der Waals surface area contributed by atoms with E-state index in [0.717, 1.165) is 16.8 Å². The largest absolute Gasteiger partial charge is 0.467 e. The van der Waals surface area contributed by atoms with Gasteiger partial charge in [0.2, 0.25) is 0 Å². The van der Waals surface area contributed by atoms with Gasteiger partial charge in [0.15, 0.2) is 0 Å². The molecule has 3 rings (SSSR count). The van der Waals surface area contributed by atoms with Gasteiger partial charge in [-0.15, -0.1) is 0 Å². The maximum absolute atomic E-state index is 5.40. The number of benzene rings is 1. The van der Waals surface area contributed by atoms with E-state index in [1.165, 1.54) is 5.39 Å². The first kappa shape index (κ1) is 10.8. The van der Waals surface area contributed by atoms with Crippen molar-refractivity contribution in [2.24, 2.45) is 0 Å². The summed E-state index contributed by atoms with van der Waals surface area (Å²) in [7, 11) is 0. The van der Waals surface area contributed by atoms with Crippen LogP contribution in [0.1, 0.15) is 18.7 Å². The number of furan rings is 1. The lowest BCUT2D eigenvalue weighted by atomic mass is 10.1. The number of anilines is 1. The highest BCUT2D eigenvalue weighted by Crippen LogP contribution is 2.26. The van der Waals surface area contributed by atoms with Gasteiger partial charge in [-0.05, 0) is 36.6 Å². The van der Waals surface area contributed by atoms with E-state index in [2.05, 4.69) is 29.4 Å². The van der Waals surface area contributed by atoms with Crippen LogP contribution in [0.25, 0.3) is 10.8 Å². The van der Waals surface area contributed by atoms with E-state index in [9.17, 15) is 0 Å². The summed E-state index contributed by atoms with van der Waals surface area (Å²) in [6.45, 7) is 2.08. The van der Waals surface area contributed by atoms with E-state index in [1.807, 2.05) is 36.7 Å². The average Bonchev–Trinajstić information content (AvgIpc) is 2.93. The SMILES string of the molecule is CC(Nc1cccc2ccncc12)c1ccco1. The summed E-state index contributed by atoms with van der Waals surface area (Å²) in [6.07, 6.45) is 5.38. The molecule has 2 heterocycles. The molecule has 0 aliphatic rings. The Morgan fingerprint density at radius 3 is 2.94 bits per heavy atom. The fourth-order valence-corrected chi connectivity index (χ4v) is 2.08. The van der Waals surface area contributed by atoms with Crippen LogP contribution in [0.2, 0.25) is 0 Å². The molecule has 0 aliphatic carbocycles. The Kier molecular flexibility index (Phi) is 2.73. The zero-order valence-corrected chi connectivity index (χ0v) is 10.1. The number of fused-ring (bicyclic) bond motifs is 1. The van der Waals surface area contributed by atoms with E-state index in [1.54, 1.807) is 6.26 Å². The summed E-state index contributed by atoms with van der Waals surface area (Å²) < 4.78 is 5.40. The Bertz CT molecular complexity index is 641. The third-order valence-electron chi connectivity index (χ3n) is 3.03. The minimum atomic E-state index is 0.130. The molecule has 0 saturated carbocycles. The standard InChI is InChI=1S/C15H14N2O/c1-11(15-6-3-9-18-15)17-14-5-2-4-12-7-8-16-10-13(12)14/h2-11,17H,1H3. The van der Waals surface area contributed by atoms with Crippen molar-refractivity contribution in [3.63, 3.8) is 0 Å². The first-order valence-corrected chi connectivity index (χ1v) is 5.97. The molecule has 90 valence electrons. The second-order valence-electron chi connectivity index (χ2n) is 4.28. The highest BCUT2D eigenvalue weighted by atomic mass is 16.3. The molecule has 2 aromatic heterocycles. The van der Waals surface area contributed by atoms with Gasteiger partial charge in [0.05, 0.1) is 12.3 Å². The summed E-state index contributed by atoms with van der Waals surface area (Å²) in [5, 5.41) is 5.76. The predicted octanol–water partition coefficient (Wildman–Crippen LogP) is 4.00. The Hall–Kier alpha value is -2.29. The van der Waals surface area contributed by atoms with Gasteiger partial charge < -0.3 is 9.73 Å². The van der Waals surface area contributed by atoms with Crippen LogP contribution in [0.5, 0.6) is 0 Å². The van der Waals surface area contributed by atoms with Crippen molar-refractivity contribution in [2.45, 2.75) is 13.0 Å². The summed E-state index contributed by atoms with van der Waals surface area (Å²) in [6, 6.07) is 12.2. The minimum Gasteiger partial charge on any atom is -0.467 e. The van der Waals surface area contributed by atoms with Gasteiger partial charge in [0, 0.05) is 23.5 Å². The van der Waals surface area contributed by atoms with Crippen LogP contribution in [-0.2, 0) is 0 Å². The van der Waals surface area contributed by atoms with E-state index in [4.69, 9.17) is 4.42 Å². The molecular formula is C15H14N2O. The monoisotopic (exact) mass is 238 g/mol. The van der Waals surface area contributed by atoms with E-state index < -0.39 is 0 Å². The third kappa shape index (κ3) is 1.95. The Morgan fingerprint density at radius 1 is 1.17 bits per heavy atom. The molecule has 3 heteroatoms. The van der Waals surface area contributed by atoms with Gasteiger partial charge in [-0.1, -0.05) is 12.1 Å². The minimum absolute atomic E-state index is 0.130. The first-order chi connectivity index (χ1) is 8.84. The summed E-state index contributed by atoms with van der Waals surface area (Å²) in [5.41, 5.74) is 1.07. The second-order valence-corrected chi connectivity index (χ2v) is 4.28. The number of nitrogens with one attached hydrogen (secondary N) is 1. The van der Waals surface area contributed by atoms with Crippen molar-refractivity contribution in [3.05, 3.63) is 60.8 Å². The van der Waals surface area contributed by atoms with Gasteiger partial charge in [0.1, 0.15) is 5.76 Å². The average molecular weight is 238 g/mol. The van der Waals surface area contributed by atoms with Gasteiger partial charge in [-0.2, -0.15) is 0 Å². The molecule has 1 aromatic carbocycles. The van der Waals surface area contributed by atoms with Crippen LogP contribution < -0.4 is 5.32 Å². The molecule has 0 amide bonds.